The molecular weight excluding hydrogens is 704 g/mol. The van der Waals surface area contributed by atoms with Crippen LogP contribution in [0.25, 0.3) is 22.0 Å². The molecule has 1 aliphatic carbocycles. The number of hydrogen-bond donors (Lipinski definition) is 2. The first-order chi connectivity index (χ1) is 23.8. The van der Waals surface area contributed by atoms with Gasteiger partial charge < -0.3 is 20.3 Å². The van der Waals surface area contributed by atoms with Gasteiger partial charge in [0.05, 0.1) is 24.1 Å². The molecule has 7 rings (SSSR count). The van der Waals surface area contributed by atoms with Gasteiger partial charge in [-0.2, -0.15) is 5.10 Å². The molecule has 258 valence electrons. The summed E-state index contributed by atoms with van der Waals surface area (Å²) in [4.78, 5) is 69.1. The van der Waals surface area contributed by atoms with Crippen LogP contribution in [-0.4, -0.2) is 78.4 Å². The third kappa shape index (κ3) is 6.33. The van der Waals surface area contributed by atoms with Crippen LogP contribution in [0.4, 0.5) is 5.82 Å². The van der Waals surface area contributed by atoms with Crippen molar-refractivity contribution in [1.29, 1.82) is 0 Å². The molecule has 3 aliphatic rings. The Kier molecular flexibility index (Phi) is 8.63. The van der Waals surface area contributed by atoms with E-state index in [9.17, 15) is 19.2 Å². The molecule has 14 heteroatoms. The number of carbonyl (C=O) groups is 4. The molecule has 13 nitrogen and oxygen atoms in total. The van der Waals surface area contributed by atoms with E-state index in [0.717, 1.165) is 11.1 Å². The highest BCUT2D eigenvalue weighted by molar-refractivity contribution is 9.10. The van der Waals surface area contributed by atoms with Gasteiger partial charge in [0.1, 0.15) is 34.5 Å². The van der Waals surface area contributed by atoms with E-state index in [4.69, 9.17) is 4.74 Å². The SMILES string of the molecule is CC(=O)c1nn(CC(=O)N2[C@H]3C[C@@]4(CNC(=O)C(C)(C)/C=C\COCc5ccc(Br)nc5NC3=O)C[C@@H]24)c2ccc(-c3cnc(C)nc3)cc12. The fraction of sp³-hybridized carbons (Fsp3) is 0.389. The number of hydrogen-bond acceptors (Lipinski definition) is 9. The number of ether oxygens (including phenoxy) is 1. The molecule has 2 bridgehead atoms. The molecule has 2 N–H and O–H groups in total. The third-order valence-electron chi connectivity index (χ3n) is 9.87. The molecule has 0 unspecified atom stereocenters. The standard InChI is InChI=1S/C36H37BrN8O5/c1-20(46)31-25-12-22(24-15-38-21(2)39-16-24)6-8-26(25)44(43-31)17-30(47)45-27-13-36(14-28(36)45)19-40-34(49)35(3,4)10-5-11-50-18-23-7-9-29(37)41-32(23)42-33(27)48/h5-10,12,15-16,27-28H,11,13-14,17-19H2,1-4H3,(H,40,49)(H,41,42,48)/b10-5-/t27-,28+,36-/m0/s1. The molecule has 1 saturated heterocycles. The van der Waals surface area contributed by atoms with Crippen molar-refractivity contribution in [2.75, 3.05) is 18.5 Å². The van der Waals surface area contributed by atoms with Crippen molar-refractivity contribution in [2.45, 2.75) is 65.8 Å². The van der Waals surface area contributed by atoms with E-state index in [-0.39, 0.29) is 55.0 Å². The van der Waals surface area contributed by atoms with Gasteiger partial charge in [0.25, 0.3) is 0 Å². The van der Waals surface area contributed by atoms with E-state index in [2.05, 4.69) is 46.6 Å². The van der Waals surface area contributed by atoms with Crippen molar-refractivity contribution in [2.24, 2.45) is 10.8 Å². The fourth-order valence-corrected chi connectivity index (χ4v) is 7.30. The lowest BCUT2D eigenvalue weighted by atomic mass is 9.91. The zero-order valence-corrected chi connectivity index (χ0v) is 29.8. The average molecular weight is 742 g/mol. The molecular formula is C36H37BrN8O5. The maximum absolute atomic E-state index is 14.3. The number of nitrogens with one attached hydrogen (secondary N) is 2. The molecule has 2 aliphatic heterocycles. The summed E-state index contributed by atoms with van der Waals surface area (Å²) in [6.45, 7) is 7.50. The molecule has 0 radical (unpaired) electrons. The number of carbonyl (C=O) groups excluding carboxylic acids is 4. The Morgan fingerprint density at radius 1 is 1.08 bits per heavy atom. The van der Waals surface area contributed by atoms with Crippen molar-refractivity contribution < 1.29 is 23.9 Å². The predicted octanol–water partition coefficient (Wildman–Crippen LogP) is 4.39. The van der Waals surface area contributed by atoms with Gasteiger partial charge in [0, 0.05) is 53.8 Å². The summed E-state index contributed by atoms with van der Waals surface area (Å²) in [6.07, 6.45) is 8.10. The van der Waals surface area contributed by atoms with Crippen LogP contribution in [0.3, 0.4) is 0 Å². The van der Waals surface area contributed by atoms with Crippen LogP contribution in [0.1, 0.15) is 55.5 Å². The number of pyridine rings is 1. The molecule has 3 atom stereocenters. The Morgan fingerprint density at radius 3 is 2.62 bits per heavy atom. The number of likely N-dealkylation sites (tertiary alicyclic amines) is 1. The Labute approximate surface area is 297 Å². The summed E-state index contributed by atoms with van der Waals surface area (Å²) in [5.41, 5.74) is 1.87. The van der Waals surface area contributed by atoms with E-state index in [1.54, 1.807) is 30.3 Å². The maximum Gasteiger partial charge on any atom is 0.248 e. The van der Waals surface area contributed by atoms with E-state index >= 15 is 0 Å². The van der Waals surface area contributed by atoms with Crippen molar-refractivity contribution in [3.63, 3.8) is 0 Å². The molecule has 5 heterocycles. The van der Waals surface area contributed by atoms with Gasteiger partial charge >= 0.3 is 0 Å². The number of nitrogens with zero attached hydrogens (tertiary/aromatic N) is 6. The van der Waals surface area contributed by atoms with Gasteiger partial charge in [-0.25, -0.2) is 15.0 Å². The van der Waals surface area contributed by atoms with E-state index < -0.39 is 16.9 Å². The largest absolute Gasteiger partial charge is 0.373 e. The van der Waals surface area contributed by atoms with Crippen LogP contribution in [0.15, 0.2) is 59.5 Å². The molecule has 1 spiro atoms. The highest BCUT2D eigenvalue weighted by Crippen LogP contribution is 2.59. The minimum atomic E-state index is -0.823. The Morgan fingerprint density at radius 2 is 1.86 bits per heavy atom. The Hall–Kier alpha value is -4.82. The summed E-state index contributed by atoms with van der Waals surface area (Å²) in [7, 11) is 0. The van der Waals surface area contributed by atoms with Crippen molar-refractivity contribution >= 4 is 56.2 Å². The van der Waals surface area contributed by atoms with Crippen LogP contribution in [-0.2, 0) is 32.3 Å². The lowest BCUT2D eigenvalue weighted by molar-refractivity contribution is -0.138. The number of piperidine rings is 1. The van der Waals surface area contributed by atoms with Crippen LogP contribution in [0.2, 0.25) is 0 Å². The number of aromatic nitrogens is 5. The lowest BCUT2D eigenvalue weighted by Gasteiger charge is -2.27. The minimum Gasteiger partial charge on any atom is -0.373 e. The Balaban J connectivity index is 1.21. The zero-order valence-electron chi connectivity index (χ0n) is 28.2. The predicted molar refractivity (Wildman–Crippen MR) is 188 cm³/mol. The molecule has 3 aromatic heterocycles. The quantitative estimate of drug-likeness (QED) is 0.176. The van der Waals surface area contributed by atoms with E-state index in [0.29, 0.717) is 52.1 Å². The third-order valence-corrected chi connectivity index (χ3v) is 10.3. The number of rotatable bonds is 4. The number of Topliss-reactive ketones (excluding diaryl/α,β-unsaturated/α-hetero) is 1. The zero-order chi connectivity index (χ0) is 35.4. The number of halogens is 1. The summed E-state index contributed by atoms with van der Waals surface area (Å²) in [6, 6.07) is 8.07. The molecule has 3 amide bonds. The normalized spacial score (nSPS) is 23.8. The highest BCUT2D eigenvalue weighted by atomic mass is 79.9. The first-order valence-electron chi connectivity index (χ1n) is 16.5. The topological polar surface area (TPSA) is 161 Å². The van der Waals surface area contributed by atoms with Crippen molar-refractivity contribution in [3.8, 4) is 11.1 Å². The van der Waals surface area contributed by atoms with Gasteiger partial charge in [-0.05, 0) is 73.3 Å². The second-order valence-corrected chi connectivity index (χ2v) is 14.7. The van der Waals surface area contributed by atoms with Crippen LogP contribution in [0, 0.1) is 17.8 Å². The first kappa shape index (κ1) is 33.7. The molecule has 1 aromatic carbocycles. The number of aryl methyl sites for hydroxylation is 1. The van der Waals surface area contributed by atoms with E-state index in [1.807, 2.05) is 50.3 Å². The summed E-state index contributed by atoms with van der Waals surface area (Å²) in [5.74, 6) is -0.0951. The van der Waals surface area contributed by atoms with Crippen LogP contribution in [0.5, 0.6) is 0 Å². The van der Waals surface area contributed by atoms with Gasteiger partial charge in [-0.1, -0.05) is 24.3 Å². The number of ketones is 1. The summed E-state index contributed by atoms with van der Waals surface area (Å²) >= 11 is 3.40. The molecule has 4 aromatic rings. The summed E-state index contributed by atoms with van der Waals surface area (Å²) in [5, 5.41) is 11.2. The fourth-order valence-electron chi connectivity index (χ4n) is 6.99. The second kappa shape index (κ2) is 12.8. The highest BCUT2D eigenvalue weighted by Gasteiger charge is 2.67. The molecule has 2 fully saturated rings. The van der Waals surface area contributed by atoms with Gasteiger partial charge in [0.15, 0.2) is 5.78 Å². The number of benzene rings is 1. The van der Waals surface area contributed by atoms with Crippen molar-refractivity contribution in [1.82, 2.24) is 34.9 Å². The van der Waals surface area contributed by atoms with Gasteiger partial charge in [-0.15, -0.1) is 0 Å². The smallest absolute Gasteiger partial charge is 0.248 e. The number of amides is 3. The van der Waals surface area contributed by atoms with Crippen LogP contribution >= 0.6 is 15.9 Å². The lowest BCUT2D eigenvalue weighted by Crippen LogP contribution is -2.47. The summed E-state index contributed by atoms with van der Waals surface area (Å²) < 4.78 is 7.90. The minimum absolute atomic E-state index is 0.151. The maximum atomic E-state index is 14.3. The molecule has 50 heavy (non-hydrogen) atoms. The molecule has 1 saturated carbocycles. The van der Waals surface area contributed by atoms with Crippen LogP contribution < -0.4 is 10.6 Å². The Bertz CT molecular complexity index is 2080. The number of anilines is 1. The van der Waals surface area contributed by atoms with Gasteiger partial charge in [0.2, 0.25) is 17.7 Å². The monoisotopic (exact) mass is 740 g/mol. The first-order valence-corrected chi connectivity index (χ1v) is 17.3. The van der Waals surface area contributed by atoms with Crippen molar-refractivity contribution in [3.05, 3.63) is 76.6 Å². The second-order valence-electron chi connectivity index (χ2n) is 13.9. The number of fused-ring (bicyclic) bond motifs is 3. The van der Waals surface area contributed by atoms with Gasteiger partial charge in [-0.3, -0.25) is 23.9 Å². The van der Waals surface area contributed by atoms with E-state index in [1.165, 1.54) is 11.6 Å². The average Bonchev–Trinajstić information content (AvgIpc) is 3.50.